The number of piperazine rings is 1. The van der Waals surface area contributed by atoms with Crippen molar-refractivity contribution < 1.29 is 9.53 Å². The highest BCUT2D eigenvalue weighted by atomic mass is 32.1. The van der Waals surface area contributed by atoms with E-state index in [-0.39, 0.29) is 5.91 Å². The number of carbonyl (C=O) groups is 1. The van der Waals surface area contributed by atoms with Crippen LogP contribution in [0.4, 0.5) is 5.13 Å². The molecular weight excluding hydrogens is 288 g/mol. The lowest BCUT2D eigenvalue weighted by atomic mass is 10.2. The molecule has 1 atom stereocenters. The summed E-state index contributed by atoms with van der Waals surface area (Å²) in [6.07, 6.45) is 0. The molecule has 0 unspecified atom stereocenters. The summed E-state index contributed by atoms with van der Waals surface area (Å²) in [5.41, 5.74) is 1.03. The third-order valence-electron chi connectivity index (χ3n) is 3.67. The molecule has 1 fully saturated rings. The number of nitrogens with one attached hydrogen (secondary N) is 1. The maximum Gasteiger partial charge on any atom is 0.225 e. The van der Waals surface area contributed by atoms with Crippen LogP contribution in [0.3, 0.4) is 0 Å². The van der Waals surface area contributed by atoms with Crippen LogP contribution < -0.4 is 10.2 Å². The summed E-state index contributed by atoms with van der Waals surface area (Å²) < 4.78 is 5.05. The van der Waals surface area contributed by atoms with E-state index >= 15 is 0 Å². The third-order valence-corrected chi connectivity index (χ3v) is 4.59. The maximum absolute atomic E-state index is 11.7. The Morgan fingerprint density at radius 1 is 1.67 bits per heavy atom. The van der Waals surface area contributed by atoms with E-state index in [1.54, 1.807) is 18.9 Å². The van der Waals surface area contributed by atoms with Crippen molar-refractivity contribution in [3.63, 3.8) is 0 Å². The molecule has 2 heterocycles. The normalized spacial score (nSPS) is 19.7. The van der Waals surface area contributed by atoms with E-state index in [0.717, 1.165) is 37.0 Å². The molecule has 0 bridgehead atoms. The van der Waals surface area contributed by atoms with Gasteiger partial charge in [0.05, 0.1) is 18.8 Å². The predicted octanol–water partition coefficient (Wildman–Crippen LogP) is 0.936. The van der Waals surface area contributed by atoms with Gasteiger partial charge < -0.3 is 10.1 Å². The Balaban J connectivity index is 2.00. The van der Waals surface area contributed by atoms with Gasteiger partial charge in [0.2, 0.25) is 5.91 Å². The van der Waals surface area contributed by atoms with E-state index in [1.807, 2.05) is 5.38 Å². The molecule has 1 saturated heterocycles. The first-order chi connectivity index (χ1) is 10.1. The highest BCUT2D eigenvalue weighted by Crippen LogP contribution is 2.22. The number of thiazole rings is 1. The minimum Gasteiger partial charge on any atom is -0.383 e. The van der Waals surface area contributed by atoms with Gasteiger partial charge in [0.15, 0.2) is 5.13 Å². The van der Waals surface area contributed by atoms with E-state index in [2.05, 4.69) is 22.1 Å². The standard InChI is InChI=1S/C14H24N4O2S/c1-11-8-15-4-5-17(11)9-13-10-21-14(16-13)18(12(2)19)6-7-20-3/h10-11,15H,4-9H2,1-3H3/t11-/m0/s1. The monoisotopic (exact) mass is 312 g/mol. The maximum atomic E-state index is 11.7. The predicted molar refractivity (Wildman–Crippen MR) is 84.8 cm³/mol. The molecule has 0 saturated carbocycles. The van der Waals surface area contributed by atoms with Gasteiger partial charge in [0, 0.05) is 51.6 Å². The number of anilines is 1. The van der Waals surface area contributed by atoms with Crippen molar-refractivity contribution in [2.24, 2.45) is 0 Å². The van der Waals surface area contributed by atoms with Crippen molar-refractivity contribution >= 4 is 22.4 Å². The average molecular weight is 312 g/mol. The van der Waals surface area contributed by atoms with Crippen molar-refractivity contribution in [3.8, 4) is 0 Å². The molecule has 7 heteroatoms. The number of hydrogen-bond donors (Lipinski definition) is 1. The van der Waals surface area contributed by atoms with Gasteiger partial charge in [-0.3, -0.25) is 14.6 Å². The van der Waals surface area contributed by atoms with E-state index in [1.165, 1.54) is 11.3 Å². The minimum absolute atomic E-state index is 0.00323. The molecule has 0 spiro atoms. The molecule has 0 aliphatic carbocycles. The van der Waals surface area contributed by atoms with Gasteiger partial charge in [-0.05, 0) is 6.92 Å². The van der Waals surface area contributed by atoms with Crippen molar-refractivity contribution in [3.05, 3.63) is 11.1 Å². The van der Waals surface area contributed by atoms with Crippen LogP contribution in [0.25, 0.3) is 0 Å². The Hall–Kier alpha value is -1.02. The number of nitrogens with zero attached hydrogens (tertiary/aromatic N) is 3. The fourth-order valence-electron chi connectivity index (χ4n) is 2.39. The number of amides is 1. The summed E-state index contributed by atoms with van der Waals surface area (Å²) >= 11 is 1.52. The summed E-state index contributed by atoms with van der Waals surface area (Å²) in [7, 11) is 1.64. The second-order valence-electron chi connectivity index (χ2n) is 5.31. The van der Waals surface area contributed by atoms with Crippen LogP contribution in [0.2, 0.25) is 0 Å². The molecule has 1 amide bonds. The summed E-state index contributed by atoms with van der Waals surface area (Å²) in [5, 5.41) is 6.20. The fourth-order valence-corrected chi connectivity index (χ4v) is 3.28. The first-order valence-corrected chi connectivity index (χ1v) is 8.16. The third kappa shape index (κ3) is 4.47. The molecule has 0 radical (unpaired) electrons. The fraction of sp³-hybridized carbons (Fsp3) is 0.714. The molecule has 118 valence electrons. The van der Waals surface area contributed by atoms with Crippen molar-refractivity contribution in [2.75, 3.05) is 44.8 Å². The lowest BCUT2D eigenvalue weighted by Gasteiger charge is -2.33. The van der Waals surface area contributed by atoms with Gasteiger partial charge in [-0.15, -0.1) is 11.3 Å². The average Bonchev–Trinajstić information content (AvgIpc) is 2.90. The van der Waals surface area contributed by atoms with Gasteiger partial charge in [-0.1, -0.05) is 0 Å². The lowest BCUT2D eigenvalue weighted by molar-refractivity contribution is -0.116. The minimum atomic E-state index is 0.00323. The number of rotatable bonds is 6. The molecule has 1 aliphatic heterocycles. The molecule has 21 heavy (non-hydrogen) atoms. The smallest absolute Gasteiger partial charge is 0.225 e. The molecular formula is C14H24N4O2S. The van der Waals surface area contributed by atoms with Crippen LogP contribution in [-0.4, -0.2) is 61.7 Å². The number of hydrogen-bond acceptors (Lipinski definition) is 6. The molecule has 1 aliphatic rings. The van der Waals surface area contributed by atoms with Crippen molar-refractivity contribution in [2.45, 2.75) is 26.4 Å². The Labute approximate surface area is 130 Å². The summed E-state index contributed by atoms with van der Waals surface area (Å²) in [4.78, 5) is 20.4. The zero-order valence-corrected chi connectivity index (χ0v) is 13.8. The molecule has 1 aromatic heterocycles. The zero-order valence-electron chi connectivity index (χ0n) is 13.0. The van der Waals surface area contributed by atoms with Crippen LogP contribution in [0, 0.1) is 0 Å². The van der Waals surface area contributed by atoms with E-state index in [0.29, 0.717) is 19.2 Å². The van der Waals surface area contributed by atoms with Gasteiger partial charge in [-0.25, -0.2) is 4.98 Å². The van der Waals surface area contributed by atoms with E-state index in [4.69, 9.17) is 4.74 Å². The largest absolute Gasteiger partial charge is 0.383 e. The number of carbonyl (C=O) groups excluding carboxylic acids is 1. The first kappa shape index (κ1) is 16.4. The highest BCUT2D eigenvalue weighted by Gasteiger charge is 2.20. The first-order valence-electron chi connectivity index (χ1n) is 7.28. The molecule has 1 aromatic rings. The van der Waals surface area contributed by atoms with Crippen molar-refractivity contribution in [1.29, 1.82) is 0 Å². The van der Waals surface area contributed by atoms with Crippen LogP contribution in [0.5, 0.6) is 0 Å². The van der Waals surface area contributed by atoms with Gasteiger partial charge >= 0.3 is 0 Å². The zero-order chi connectivity index (χ0) is 15.2. The molecule has 2 rings (SSSR count). The lowest BCUT2D eigenvalue weighted by Crippen LogP contribution is -2.49. The molecule has 0 aromatic carbocycles. The summed E-state index contributed by atoms with van der Waals surface area (Å²) in [6.45, 7) is 8.77. The van der Waals surface area contributed by atoms with E-state index < -0.39 is 0 Å². The second kappa shape index (κ2) is 7.84. The Kier molecular flexibility index (Phi) is 6.10. The summed E-state index contributed by atoms with van der Waals surface area (Å²) in [6, 6.07) is 0.515. The number of methoxy groups -OCH3 is 1. The second-order valence-corrected chi connectivity index (χ2v) is 6.15. The number of aromatic nitrogens is 1. The van der Waals surface area contributed by atoms with Gasteiger partial charge in [-0.2, -0.15) is 0 Å². The van der Waals surface area contributed by atoms with Crippen LogP contribution >= 0.6 is 11.3 Å². The van der Waals surface area contributed by atoms with Gasteiger partial charge in [0.25, 0.3) is 0 Å². The van der Waals surface area contributed by atoms with Gasteiger partial charge in [0.1, 0.15) is 0 Å². The molecule has 6 nitrogen and oxygen atoms in total. The SMILES string of the molecule is COCCN(C(C)=O)c1nc(CN2CCNC[C@@H]2C)cs1. The van der Waals surface area contributed by atoms with Crippen molar-refractivity contribution in [1.82, 2.24) is 15.2 Å². The quantitative estimate of drug-likeness (QED) is 0.847. The number of ether oxygens (including phenoxy) is 1. The van der Waals surface area contributed by atoms with Crippen LogP contribution in [0.1, 0.15) is 19.5 Å². The Morgan fingerprint density at radius 3 is 3.14 bits per heavy atom. The Morgan fingerprint density at radius 2 is 2.48 bits per heavy atom. The van der Waals surface area contributed by atoms with E-state index in [9.17, 15) is 4.79 Å². The molecule has 1 N–H and O–H groups in total. The Bertz CT molecular complexity index is 466. The topological polar surface area (TPSA) is 57.7 Å². The highest BCUT2D eigenvalue weighted by molar-refractivity contribution is 7.14. The van der Waals surface area contributed by atoms with Crippen LogP contribution in [0.15, 0.2) is 5.38 Å². The summed E-state index contributed by atoms with van der Waals surface area (Å²) in [5.74, 6) is 0.00323. The van der Waals surface area contributed by atoms with Crippen LogP contribution in [-0.2, 0) is 16.1 Å².